The van der Waals surface area contributed by atoms with Gasteiger partial charge in [0.15, 0.2) is 0 Å². The monoisotopic (exact) mass is 365 g/mol. The van der Waals surface area contributed by atoms with Gasteiger partial charge in [-0.1, -0.05) is 68.4 Å². The fraction of sp³-hybridized carbons (Fsp3) is 0.591. The van der Waals surface area contributed by atoms with Crippen LogP contribution in [-0.2, 0) is 4.79 Å². The lowest BCUT2D eigenvalue weighted by Gasteiger charge is -1.90. The number of carboxylic acids is 1. The molecule has 150 valence electrons. The van der Waals surface area contributed by atoms with Crippen molar-refractivity contribution < 1.29 is 15.0 Å². The van der Waals surface area contributed by atoms with Crippen LogP contribution >= 0.6 is 0 Å². The number of aliphatic hydroxyl groups is 1. The molecule has 0 fully saturated rings. The number of nitrogens with two attached hydrogens (primary N) is 1. The lowest BCUT2D eigenvalue weighted by atomic mass is 10.2. The third-order valence-corrected chi connectivity index (χ3v) is 3.22. The highest BCUT2D eigenvalue weighted by Crippen LogP contribution is 2.01. The van der Waals surface area contributed by atoms with Gasteiger partial charge >= 0.3 is 5.97 Å². The minimum atomic E-state index is -0.712. The Hall–Kier alpha value is -1.65. The van der Waals surface area contributed by atoms with E-state index < -0.39 is 12.2 Å². The second kappa shape index (κ2) is 23.4. The summed E-state index contributed by atoms with van der Waals surface area (Å²) in [4.78, 5) is 10.3. The van der Waals surface area contributed by atoms with E-state index in [2.05, 4.69) is 61.3 Å². The highest BCUT2D eigenvalue weighted by molar-refractivity contribution is 5.66. The second-order valence-corrected chi connectivity index (χ2v) is 6.12. The Balaban J connectivity index is 0. The van der Waals surface area contributed by atoms with Crippen molar-refractivity contribution in [2.75, 3.05) is 0 Å². The summed E-state index contributed by atoms with van der Waals surface area (Å²) in [5.41, 5.74) is 4.67. The maximum absolute atomic E-state index is 10.3. The smallest absolute Gasteiger partial charge is 0.303 e. The summed E-state index contributed by atoms with van der Waals surface area (Å²) in [6.07, 6.45) is 26.7. The molecule has 0 bridgehead atoms. The zero-order chi connectivity index (χ0) is 19.9. The average Bonchev–Trinajstić information content (AvgIpc) is 2.57. The van der Waals surface area contributed by atoms with Crippen LogP contribution in [0.15, 0.2) is 48.6 Å². The fourth-order valence-corrected chi connectivity index (χ4v) is 1.93. The first kappa shape index (κ1) is 26.6. The molecule has 0 spiro atoms. The molecular formula is C22H39NO3. The minimum absolute atomic E-state index is 0.262. The first-order chi connectivity index (χ1) is 12.5. The predicted molar refractivity (Wildman–Crippen MR) is 112 cm³/mol. The predicted octanol–water partition coefficient (Wildman–Crippen LogP) is 5.50. The molecular weight excluding hydrogens is 326 g/mol. The summed E-state index contributed by atoms with van der Waals surface area (Å²) in [6, 6.07) is 0. The quantitative estimate of drug-likeness (QED) is 0.216. The second-order valence-electron chi connectivity index (χ2n) is 6.12. The lowest BCUT2D eigenvalue weighted by Crippen LogP contribution is -2.11. The van der Waals surface area contributed by atoms with Crippen LogP contribution in [0, 0.1) is 0 Å². The molecule has 0 rings (SSSR count). The molecule has 0 saturated heterocycles. The van der Waals surface area contributed by atoms with Crippen molar-refractivity contribution in [2.45, 2.75) is 84.3 Å². The molecule has 0 aliphatic carbocycles. The average molecular weight is 366 g/mol. The van der Waals surface area contributed by atoms with Gasteiger partial charge in [-0.25, -0.2) is 0 Å². The molecule has 0 aromatic heterocycles. The number of carbonyl (C=O) groups is 1. The molecule has 4 N–H and O–H groups in total. The normalized spacial score (nSPS) is 12.9. The van der Waals surface area contributed by atoms with E-state index in [0.717, 1.165) is 32.1 Å². The summed E-state index contributed by atoms with van der Waals surface area (Å²) in [5, 5.41) is 16.3. The Morgan fingerprint density at radius 3 is 1.62 bits per heavy atom. The third-order valence-electron chi connectivity index (χ3n) is 3.22. The standard InChI is InChI=1S/C20H32O2.C2H7NO/c1-2-3-4-5-6-7-8-9-10-11-12-13-14-15-16-17-18-19-20(21)22;1-2(3)4/h6-7,9-10,12-13,15-16H,2-5,8,11,14,17-19H2,1H3,(H,21,22);2,4H,3H2,1H3. The largest absolute Gasteiger partial charge is 0.481 e. The number of allylic oxidation sites excluding steroid dienone is 8. The van der Waals surface area contributed by atoms with Gasteiger partial charge in [-0.2, -0.15) is 0 Å². The summed E-state index contributed by atoms with van der Waals surface area (Å²) < 4.78 is 0. The van der Waals surface area contributed by atoms with Crippen LogP contribution in [0.2, 0.25) is 0 Å². The molecule has 1 atom stereocenters. The van der Waals surface area contributed by atoms with E-state index >= 15 is 0 Å². The van der Waals surface area contributed by atoms with Gasteiger partial charge in [0.25, 0.3) is 0 Å². The summed E-state index contributed by atoms with van der Waals surface area (Å²) >= 11 is 0. The number of unbranched alkanes of at least 4 members (excludes halogenated alkanes) is 4. The lowest BCUT2D eigenvalue weighted by molar-refractivity contribution is -0.137. The zero-order valence-corrected chi connectivity index (χ0v) is 16.6. The van der Waals surface area contributed by atoms with E-state index in [-0.39, 0.29) is 6.42 Å². The van der Waals surface area contributed by atoms with Gasteiger partial charge in [0.05, 0.1) is 6.23 Å². The van der Waals surface area contributed by atoms with E-state index in [1.54, 1.807) is 0 Å². The van der Waals surface area contributed by atoms with E-state index in [9.17, 15) is 4.79 Å². The van der Waals surface area contributed by atoms with Crippen molar-refractivity contribution in [3.05, 3.63) is 48.6 Å². The molecule has 4 heteroatoms. The fourth-order valence-electron chi connectivity index (χ4n) is 1.93. The maximum atomic E-state index is 10.3. The van der Waals surface area contributed by atoms with Crippen molar-refractivity contribution in [3.63, 3.8) is 0 Å². The van der Waals surface area contributed by atoms with Crippen LogP contribution in [0.3, 0.4) is 0 Å². The SMILES string of the molecule is CC(N)O.CCCCCC=CCC=CCC=CCC=CCCCC(=O)O. The maximum Gasteiger partial charge on any atom is 0.303 e. The van der Waals surface area contributed by atoms with Crippen molar-refractivity contribution in [1.82, 2.24) is 0 Å². The van der Waals surface area contributed by atoms with Gasteiger partial charge in [-0.05, 0) is 51.9 Å². The van der Waals surface area contributed by atoms with Gasteiger partial charge in [0, 0.05) is 6.42 Å². The van der Waals surface area contributed by atoms with E-state index in [1.165, 1.54) is 32.6 Å². The molecule has 0 aliphatic heterocycles. The van der Waals surface area contributed by atoms with Crippen LogP contribution < -0.4 is 5.73 Å². The molecule has 0 saturated carbocycles. The summed E-state index contributed by atoms with van der Waals surface area (Å²) in [6.45, 7) is 3.73. The summed E-state index contributed by atoms with van der Waals surface area (Å²) in [5.74, 6) is -0.712. The van der Waals surface area contributed by atoms with E-state index in [4.69, 9.17) is 10.2 Å². The van der Waals surface area contributed by atoms with Crippen LogP contribution in [0.1, 0.15) is 78.1 Å². The van der Waals surface area contributed by atoms with Crippen LogP contribution in [0.4, 0.5) is 0 Å². The van der Waals surface area contributed by atoms with E-state index in [1.807, 2.05) is 0 Å². The van der Waals surface area contributed by atoms with Crippen molar-refractivity contribution in [3.8, 4) is 0 Å². The van der Waals surface area contributed by atoms with Gasteiger partial charge in [-0.3, -0.25) is 4.79 Å². The number of rotatable bonds is 14. The highest BCUT2D eigenvalue weighted by atomic mass is 16.4. The molecule has 0 amide bonds. The van der Waals surface area contributed by atoms with Gasteiger partial charge in [-0.15, -0.1) is 0 Å². The number of carboxylic acid groups (broad SMARTS) is 1. The Morgan fingerprint density at radius 2 is 1.23 bits per heavy atom. The van der Waals surface area contributed by atoms with Gasteiger partial charge in [0.2, 0.25) is 0 Å². The Kier molecular flexibility index (Phi) is 23.9. The van der Waals surface area contributed by atoms with Crippen LogP contribution in [0.25, 0.3) is 0 Å². The molecule has 0 aromatic rings. The van der Waals surface area contributed by atoms with Crippen molar-refractivity contribution in [2.24, 2.45) is 5.73 Å². The molecule has 0 aromatic carbocycles. The number of aliphatic carboxylic acids is 1. The molecule has 0 heterocycles. The number of hydrogen-bond donors (Lipinski definition) is 3. The number of aliphatic hydroxyl groups excluding tert-OH is 1. The van der Waals surface area contributed by atoms with Crippen molar-refractivity contribution >= 4 is 5.97 Å². The molecule has 4 nitrogen and oxygen atoms in total. The first-order valence-electron chi connectivity index (χ1n) is 9.76. The number of hydrogen-bond acceptors (Lipinski definition) is 3. The Labute approximate surface area is 160 Å². The Bertz CT molecular complexity index is 407. The van der Waals surface area contributed by atoms with Crippen LogP contribution in [-0.4, -0.2) is 22.4 Å². The zero-order valence-electron chi connectivity index (χ0n) is 16.6. The van der Waals surface area contributed by atoms with E-state index in [0.29, 0.717) is 0 Å². The van der Waals surface area contributed by atoms with Crippen LogP contribution in [0.5, 0.6) is 0 Å². The molecule has 26 heavy (non-hydrogen) atoms. The molecule has 0 aliphatic rings. The third kappa shape index (κ3) is 33.8. The first-order valence-corrected chi connectivity index (χ1v) is 9.76. The van der Waals surface area contributed by atoms with Gasteiger partial charge < -0.3 is 15.9 Å². The topological polar surface area (TPSA) is 83.5 Å². The minimum Gasteiger partial charge on any atom is -0.481 e. The highest BCUT2D eigenvalue weighted by Gasteiger charge is 1.92. The Morgan fingerprint density at radius 1 is 0.846 bits per heavy atom. The molecule has 1 unspecified atom stereocenters. The summed E-state index contributed by atoms with van der Waals surface area (Å²) in [7, 11) is 0. The van der Waals surface area contributed by atoms with Gasteiger partial charge in [0.1, 0.15) is 0 Å². The van der Waals surface area contributed by atoms with Crippen molar-refractivity contribution in [1.29, 1.82) is 0 Å². The molecule has 0 radical (unpaired) electrons.